The van der Waals surface area contributed by atoms with Crippen molar-refractivity contribution >= 4 is 29.1 Å². The lowest BCUT2D eigenvalue weighted by molar-refractivity contribution is 1.05. The van der Waals surface area contributed by atoms with Crippen LogP contribution in [-0.2, 0) is 0 Å². The fourth-order valence-electron chi connectivity index (χ4n) is 1.58. The van der Waals surface area contributed by atoms with Crippen LogP contribution in [0.15, 0.2) is 40.3 Å². The number of aryl methyl sites for hydroxylation is 2. The molecule has 0 radical (unpaired) electrons. The summed E-state index contributed by atoms with van der Waals surface area (Å²) < 4.78 is 0. The molecule has 88 valence electrons. The summed E-state index contributed by atoms with van der Waals surface area (Å²) in [5, 5.41) is 1.61. The molecule has 0 amide bonds. The van der Waals surface area contributed by atoms with Gasteiger partial charge >= 0.3 is 0 Å². The first kappa shape index (κ1) is 12.3. The second kappa shape index (κ2) is 4.98. The van der Waals surface area contributed by atoms with Gasteiger partial charge in [-0.25, -0.2) is 4.98 Å². The van der Waals surface area contributed by atoms with Crippen molar-refractivity contribution in [2.45, 2.75) is 23.8 Å². The number of halogens is 1. The topological polar surface area (TPSA) is 38.9 Å². The van der Waals surface area contributed by atoms with E-state index in [0.717, 1.165) is 15.6 Å². The van der Waals surface area contributed by atoms with Gasteiger partial charge < -0.3 is 5.73 Å². The van der Waals surface area contributed by atoms with Gasteiger partial charge in [-0.1, -0.05) is 23.4 Å². The van der Waals surface area contributed by atoms with E-state index in [1.54, 1.807) is 17.8 Å². The Labute approximate surface area is 110 Å². The van der Waals surface area contributed by atoms with Crippen LogP contribution in [-0.4, -0.2) is 4.98 Å². The highest BCUT2D eigenvalue weighted by atomic mass is 35.5. The third-order valence-electron chi connectivity index (χ3n) is 2.26. The minimum atomic E-state index is 0.653. The van der Waals surface area contributed by atoms with Gasteiger partial charge in [0.25, 0.3) is 0 Å². The summed E-state index contributed by atoms with van der Waals surface area (Å²) in [6.45, 7) is 4.05. The average Bonchev–Trinajstić information content (AvgIpc) is 2.21. The van der Waals surface area contributed by atoms with Gasteiger partial charge in [0.2, 0.25) is 0 Å². The molecule has 0 atom stereocenters. The fourth-order valence-corrected chi connectivity index (χ4v) is 2.73. The Balaban J connectivity index is 2.31. The van der Waals surface area contributed by atoms with E-state index in [9.17, 15) is 0 Å². The average molecular weight is 265 g/mol. The van der Waals surface area contributed by atoms with Crippen LogP contribution in [0, 0.1) is 13.8 Å². The molecule has 0 aliphatic carbocycles. The zero-order valence-electron chi connectivity index (χ0n) is 9.70. The van der Waals surface area contributed by atoms with Gasteiger partial charge in [-0.3, -0.25) is 0 Å². The van der Waals surface area contributed by atoms with Crippen molar-refractivity contribution in [1.29, 1.82) is 0 Å². The zero-order chi connectivity index (χ0) is 12.4. The molecule has 0 bridgehead atoms. The second-order valence-corrected chi connectivity index (χ2v) is 5.41. The summed E-state index contributed by atoms with van der Waals surface area (Å²) >= 11 is 7.42. The molecule has 1 aromatic heterocycles. The molecule has 2 rings (SSSR count). The molecule has 0 fully saturated rings. The van der Waals surface area contributed by atoms with Crippen molar-refractivity contribution in [3.8, 4) is 0 Å². The summed E-state index contributed by atoms with van der Waals surface area (Å²) in [7, 11) is 0. The maximum absolute atomic E-state index is 5.91. The molecule has 2 aromatic rings. The van der Waals surface area contributed by atoms with E-state index in [-0.39, 0.29) is 0 Å². The Morgan fingerprint density at radius 1 is 1.18 bits per heavy atom. The molecule has 0 saturated carbocycles. The molecule has 2 nitrogen and oxygen atoms in total. The van der Waals surface area contributed by atoms with Crippen LogP contribution in [0.25, 0.3) is 0 Å². The summed E-state index contributed by atoms with van der Waals surface area (Å²) in [5.74, 6) is 0. The summed E-state index contributed by atoms with van der Waals surface area (Å²) in [6.07, 6.45) is 0. The van der Waals surface area contributed by atoms with E-state index in [4.69, 9.17) is 17.3 Å². The molecule has 0 saturated heterocycles. The van der Waals surface area contributed by atoms with E-state index in [1.165, 1.54) is 5.56 Å². The summed E-state index contributed by atoms with van der Waals surface area (Å²) in [6, 6.07) is 9.61. The van der Waals surface area contributed by atoms with E-state index in [1.807, 2.05) is 25.1 Å². The maximum atomic E-state index is 5.91. The van der Waals surface area contributed by atoms with Crippen molar-refractivity contribution < 1.29 is 0 Å². The molecule has 2 N–H and O–H groups in total. The lowest BCUT2D eigenvalue weighted by Gasteiger charge is -2.06. The van der Waals surface area contributed by atoms with E-state index < -0.39 is 0 Å². The highest BCUT2D eigenvalue weighted by Crippen LogP contribution is 2.32. The number of anilines is 1. The number of hydrogen-bond donors (Lipinski definition) is 1. The smallest absolute Gasteiger partial charge is 0.101 e. The highest BCUT2D eigenvalue weighted by molar-refractivity contribution is 7.99. The summed E-state index contributed by atoms with van der Waals surface area (Å²) in [4.78, 5) is 5.45. The van der Waals surface area contributed by atoms with Gasteiger partial charge in [-0.15, -0.1) is 0 Å². The lowest BCUT2D eigenvalue weighted by Crippen LogP contribution is -1.90. The summed E-state index contributed by atoms with van der Waals surface area (Å²) in [5.41, 5.74) is 8.81. The number of nitrogens with zero attached hydrogens (tertiary/aromatic N) is 1. The lowest BCUT2D eigenvalue weighted by atomic mass is 10.3. The molecular formula is C13H13ClN2S. The van der Waals surface area contributed by atoms with Crippen LogP contribution < -0.4 is 5.73 Å². The number of pyridine rings is 1. The molecule has 0 unspecified atom stereocenters. The standard InChI is InChI=1S/C13H13ClN2S/c1-8-5-9(2)16-13(6-8)17-12-4-3-10(14)7-11(12)15/h3-7H,15H2,1-2H3. The first-order chi connectivity index (χ1) is 8.04. The van der Waals surface area contributed by atoms with Crippen LogP contribution in [0.3, 0.4) is 0 Å². The first-order valence-electron chi connectivity index (χ1n) is 5.23. The monoisotopic (exact) mass is 264 g/mol. The van der Waals surface area contributed by atoms with Crippen LogP contribution in [0.4, 0.5) is 5.69 Å². The Bertz CT molecular complexity index is 535. The molecular weight excluding hydrogens is 252 g/mol. The Morgan fingerprint density at radius 2 is 1.94 bits per heavy atom. The van der Waals surface area contributed by atoms with Gasteiger partial charge in [0.1, 0.15) is 5.03 Å². The SMILES string of the molecule is Cc1cc(C)nc(Sc2ccc(Cl)cc2N)c1. The van der Waals surface area contributed by atoms with Crippen LogP contribution in [0.5, 0.6) is 0 Å². The van der Waals surface area contributed by atoms with E-state index in [2.05, 4.69) is 18.0 Å². The van der Waals surface area contributed by atoms with Crippen molar-refractivity contribution in [3.63, 3.8) is 0 Å². The third kappa shape index (κ3) is 3.14. The van der Waals surface area contributed by atoms with Crippen molar-refractivity contribution in [2.75, 3.05) is 5.73 Å². The minimum Gasteiger partial charge on any atom is -0.398 e. The molecule has 4 heteroatoms. The highest BCUT2D eigenvalue weighted by Gasteiger charge is 2.04. The Kier molecular flexibility index (Phi) is 3.60. The number of nitrogen functional groups attached to an aromatic ring is 1. The third-order valence-corrected chi connectivity index (χ3v) is 3.51. The molecule has 0 aliphatic rings. The van der Waals surface area contributed by atoms with E-state index >= 15 is 0 Å². The predicted octanol–water partition coefficient (Wildman–Crippen LogP) is 4.09. The van der Waals surface area contributed by atoms with Gasteiger partial charge in [-0.05, 0) is 49.7 Å². The fraction of sp³-hybridized carbons (Fsp3) is 0.154. The van der Waals surface area contributed by atoms with Crippen molar-refractivity contribution in [1.82, 2.24) is 4.98 Å². The number of rotatable bonds is 2. The number of hydrogen-bond acceptors (Lipinski definition) is 3. The Hall–Kier alpha value is -1.19. The second-order valence-electron chi connectivity index (χ2n) is 3.91. The first-order valence-corrected chi connectivity index (χ1v) is 6.42. The molecule has 1 aromatic carbocycles. The number of nitrogens with two attached hydrogens (primary N) is 1. The van der Waals surface area contributed by atoms with Crippen LogP contribution in [0.2, 0.25) is 5.02 Å². The van der Waals surface area contributed by atoms with Gasteiger partial charge in [0.05, 0.1) is 0 Å². The molecule has 0 spiro atoms. The number of aromatic nitrogens is 1. The molecule has 0 aliphatic heterocycles. The van der Waals surface area contributed by atoms with Gasteiger partial charge in [0, 0.05) is 21.3 Å². The van der Waals surface area contributed by atoms with Crippen LogP contribution in [0.1, 0.15) is 11.3 Å². The van der Waals surface area contributed by atoms with Crippen LogP contribution >= 0.6 is 23.4 Å². The minimum absolute atomic E-state index is 0.653. The van der Waals surface area contributed by atoms with Gasteiger partial charge in [0.15, 0.2) is 0 Å². The predicted molar refractivity (Wildman–Crippen MR) is 73.7 cm³/mol. The van der Waals surface area contributed by atoms with Crippen molar-refractivity contribution in [2.24, 2.45) is 0 Å². The molecule has 1 heterocycles. The quantitative estimate of drug-likeness (QED) is 0.831. The number of benzene rings is 1. The largest absolute Gasteiger partial charge is 0.398 e. The zero-order valence-corrected chi connectivity index (χ0v) is 11.3. The van der Waals surface area contributed by atoms with Gasteiger partial charge in [-0.2, -0.15) is 0 Å². The van der Waals surface area contributed by atoms with E-state index in [0.29, 0.717) is 10.7 Å². The maximum Gasteiger partial charge on any atom is 0.101 e. The Morgan fingerprint density at radius 3 is 2.59 bits per heavy atom. The van der Waals surface area contributed by atoms with Crippen molar-refractivity contribution in [3.05, 3.63) is 46.6 Å². The normalized spacial score (nSPS) is 10.5. The molecule has 17 heavy (non-hydrogen) atoms.